The molecule has 0 bridgehead atoms. The molecule has 0 aliphatic carbocycles. The molecule has 2 aromatic heterocycles. The molecule has 1 aromatic carbocycles. The van der Waals surface area contributed by atoms with E-state index in [0.29, 0.717) is 11.6 Å². The zero-order valence-electron chi connectivity index (χ0n) is 12.3. The molecule has 0 radical (unpaired) electrons. The van der Waals surface area contributed by atoms with Gasteiger partial charge in [-0.25, -0.2) is 14.8 Å². The lowest BCUT2D eigenvalue weighted by molar-refractivity contribution is 0.983. The van der Waals surface area contributed by atoms with Crippen molar-refractivity contribution in [1.29, 1.82) is 0 Å². The van der Waals surface area contributed by atoms with Crippen molar-refractivity contribution in [1.82, 2.24) is 19.9 Å². The molecule has 0 aliphatic rings. The predicted molar refractivity (Wildman–Crippen MR) is 85.8 cm³/mol. The molecule has 0 saturated heterocycles. The smallest absolute Gasteiger partial charge is 0.323 e. The Morgan fingerprint density at radius 3 is 2.50 bits per heavy atom. The van der Waals surface area contributed by atoms with Crippen LogP contribution in [-0.4, -0.2) is 26.5 Å². The monoisotopic (exact) mass is 295 g/mol. The van der Waals surface area contributed by atoms with Crippen molar-refractivity contribution in [2.75, 3.05) is 11.9 Å². The first-order valence-corrected chi connectivity index (χ1v) is 7.10. The number of nitrogens with zero attached hydrogens (tertiary/aromatic N) is 2. The highest BCUT2D eigenvalue weighted by molar-refractivity contribution is 5.56. The van der Waals surface area contributed by atoms with Crippen molar-refractivity contribution < 1.29 is 0 Å². The summed E-state index contributed by atoms with van der Waals surface area (Å²) in [5.74, 6) is 0.578. The van der Waals surface area contributed by atoms with Crippen LogP contribution in [0.4, 0.5) is 5.95 Å². The molecule has 22 heavy (non-hydrogen) atoms. The summed E-state index contributed by atoms with van der Waals surface area (Å²) in [4.78, 5) is 24.8. The number of hydrogen-bond acceptors (Lipinski definition) is 4. The number of benzene rings is 1. The van der Waals surface area contributed by atoms with Gasteiger partial charge in [0.05, 0.1) is 5.69 Å². The van der Waals surface area contributed by atoms with E-state index in [2.05, 4.69) is 56.4 Å². The maximum atomic E-state index is 11.1. The Hall–Kier alpha value is -2.89. The number of anilines is 1. The van der Waals surface area contributed by atoms with E-state index in [4.69, 9.17) is 0 Å². The van der Waals surface area contributed by atoms with E-state index in [9.17, 15) is 4.79 Å². The summed E-state index contributed by atoms with van der Waals surface area (Å²) in [5, 5.41) is 3.19. The van der Waals surface area contributed by atoms with Crippen LogP contribution < -0.4 is 11.0 Å². The zero-order chi connectivity index (χ0) is 15.4. The molecular weight excluding hydrogens is 278 g/mol. The average Bonchev–Trinajstić information content (AvgIpc) is 2.97. The molecule has 6 nitrogen and oxygen atoms in total. The number of H-pyrrole nitrogens is 2. The van der Waals surface area contributed by atoms with Crippen molar-refractivity contribution in [3.05, 3.63) is 64.5 Å². The molecule has 0 aliphatic heterocycles. The Morgan fingerprint density at radius 2 is 1.86 bits per heavy atom. The highest BCUT2D eigenvalue weighted by Gasteiger charge is 2.02. The minimum atomic E-state index is -0.240. The van der Waals surface area contributed by atoms with Crippen molar-refractivity contribution in [2.45, 2.75) is 13.3 Å². The van der Waals surface area contributed by atoms with Crippen LogP contribution in [0.5, 0.6) is 0 Å². The molecule has 0 spiro atoms. The van der Waals surface area contributed by atoms with Crippen molar-refractivity contribution in [3.63, 3.8) is 0 Å². The van der Waals surface area contributed by atoms with Crippen LogP contribution >= 0.6 is 0 Å². The van der Waals surface area contributed by atoms with Crippen LogP contribution in [-0.2, 0) is 6.42 Å². The standard InChI is InChI=1S/C16H17N5O/c1-11-2-4-12(5-3-11)6-7-17-15-18-8-13(9-19-15)14-10-20-16(22)21-14/h2-5,8-10H,6-7H2,1H3,(H,17,18,19)(H2,20,21,22). The van der Waals surface area contributed by atoms with Gasteiger partial charge in [-0.3, -0.25) is 0 Å². The summed E-state index contributed by atoms with van der Waals surface area (Å²) in [6.07, 6.45) is 5.88. The number of imidazole rings is 1. The Bertz CT molecular complexity index is 786. The number of aryl methyl sites for hydroxylation is 1. The van der Waals surface area contributed by atoms with Crippen LogP contribution in [0.25, 0.3) is 11.3 Å². The minimum absolute atomic E-state index is 0.240. The highest BCUT2D eigenvalue weighted by Crippen LogP contribution is 2.13. The topological polar surface area (TPSA) is 86.5 Å². The second-order valence-corrected chi connectivity index (χ2v) is 5.11. The predicted octanol–water partition coefficient (Wildman–Crippen LogP) is 2.12. The van der Waals surface area contributed by atoms with E-state index in [1.165, 1.54) is 11.1 Å². The van der Waals surface area contributed by atoms with E-state index in [1.807, 2.05) is 0 Å². The Morgan fingerprint density at radius 1 is 1.14 bits per heavy atom. The summed E-state index contributed by atoms with van der Waals surface area (Å²) in [6.45, 7) is 2.85. The van der Waals surface area contributed by atoms with Gasteiger partial charge in [0.2, 0.25) is 5.95 Å². The first-order chi connectivity index (χ1) is 10.7. The van der Waals surface area contributed by atoms with Crippen LogP contribution in [0.1, 0.15) is 11.1 Å². The highest BCUT2D eigenvalue weighted by atomic mass is 16.1. The second-order valence-electron chi connectivity index (χ2n) is 5.11. The first-order valence-electron chi connectivity index (χ1n) is 7.10. The lowest BCUT2D eigenvalue weighted by atomic mass is 10.1. The van der Waals surface area contributed by atoms with Crippen LogP contribution in [0.15, 0.2) is 47.7 Å². The zero-order valence-corrected chi connectivity index (χ0v) is 12.3. The largest absolute Gasteiger partial charge is 0.354 e. The van der Waals surface area contributed by atoms with Gasteiger partial charge in [0.15, 0.2) is 0 Å². The van der Waals surface area contributed by atoms with E-state index in [0.717, 1.165) is 18.5 Å². The van der Waals surface area contributed by atoms with Gasteiger partial charge in [0.1, 0.15) is 0 Å². The van der Waals surface area contributed by atoms with Crippen LogP contribution in [0.2, 0.25) is 0 Å². The van der Waals surface area contributed by atoms with Crippen LogP contribution in [0, 0.1) is 6.92 Å². The van der Waals surface area contributed by atoms with E-state index in [-0.39, 0.29) is 5.69 Å². The van der Waals surface area contributed by atoms with Gasteiger partial charge < -0.3 is 15.3 Å². The fourth-order valence-electron chi connectivity index (χ4n) is 2.12. The Labute approximate surface area is 127 Å². The molecule has 0 fully saturated rings. The molecule has 3 rings (SSSR count). The molecule has 2 heterocycles. The number of hydrogen-bond donors (Lipinski definition) is 3. The first kappa shape index (κ1) is 14.1. The number of rotatable bonds is 5. The normalized spacial score (nSPS) is 10.6. The van der Waals surface area contributed by atoms with Gasteiger partial charge in [0.25, 0.3) is 0 Å². The van der Waals surface area contributed by atoms with E-state index in [1.54, 1.807) is 18.6 Å². The number of aromatic amines is 2. The average molecular weight is 295 g/mol. The molecule has 6 heteroatoms. The van der Waals surface area contributed by atoms with Crippen LogP contribution in [0.3, 0.4) is 0 Å². The second kappa shape index (κ2) is 6.26. The van der Waals surface area contributed by atoms with Crippen molar-refractivity contribution in [3.8, 4) is 11.3 Å². The third-order valence-electron chi connectivity index (χ3n) is 3.38. The summed E-state index contributed by atoms with van der Waals surface area (Å²) in [6, 6.07) is 8.48. The third-order valence-corrected chi connectivity index (χ3v) is 3.38. The van der Waals surface area contributed by atoms with Gasteiger partial charge in [-0.2, -0.15) is 0 Å². The summed E-state index contributed by atoms with van der Waals surface area (Å²) >= 11 is 0. The molecule has 0 atom stereocenters. The molecule has 0 amide bonds. The molecule has 0 unspecified atom stereocenters. The van der Waals surface area contributed by atoms with Crippen molar-refractivity contribution in [2.24, 2.45) is 0 Å². The Kier molecular flexibility index (Phi) is 4.00. The SMILES string of the molecule is Cc1ccc(CCNc2ncc(-c3c[nH]c(=O)[nH]3)cn2)cc1. The third kappa shape index (κ3) is 3.41. The quantitative estimate of drug-likeness (QED) is 0.673. The van der Waals surface area contributed by atoms with Crippen molar-refractivity contribution >= 4 is 5.95 Å². The lowest BCUT2D eigenvalue weighted by Gasteiger charge is -2.05. The summed E-state index contributed by atoms with van der Waals surface area (Å²) in [5.41, 5.74) is 3.74. The van der Waals surface area contributed by atoms with E-state index >= 15 is 0 Å². The van der Waals surface area contributed by atoms with Gasteiger partial charge in [0, 0.05) is 30.7 Å². The summed E-state index contributed by atoms with van der Waals surface area (Å²) in [7, 11) is 0. The van der Waals surface area contributed by atoms with Gasteiger partial charge >= 0.3 is 5.69 Å². The maximum Gasteiger partial charge on any atom is 0.323 e. The Balaban J connectivity index is 1.57. The maximum absolute atomic E-state index is 11.1. The fourth-order valence-corrected chi connectivity index (χ4v) is 2.12. The molecule has 0 saturated carbocycles. The molecule has 112 valence electrons. The van der Waals surface area contributed by atoms with Gasteiger partial charge in [-0.05, 0) is 18.9 Å². The van der Waals surface area contributed by atoms with Gasteiger partial charge in [-0.1, -0.05) is 29.8 Å². The minimum Gasteiger partial charge on any atom is -0.354 e. The molecule has 3 N–H and O–H groups in total. The fraction of sp³-hybridized carbons (Fsp3) is 0.188. The van der Waals surface area contributed by atoms with E-state index < -0.39 is 0 Å². The summed E-state index contributed by atoms with van der Waals surface area (Å²) < 4.78 is 0. The molecular formula is C16H17N5O. The lowest BCUT2D eigenvalue weighted by Crippen LogP contribution is -2.07. The van der Waals surface area contributed by atoms with Gasteiger partial charge in [-0.15, -0.1) is 0 Å². The molecule has 3 aromatic rings. The number of nitrogens with one attached hydrogen (secondary N) is 3. The number of aromatic nitrogens is 4.